The molecule has 0 aliphatic carbocycles. The summed E-state index contributed by atoms with van der Waals surface area (Å²) in [5.74, 6) is 0.238. The summed E-state index contributed by atoms with van der Waals surface area (Å²) in [6.07, 6.45) is 7.31. The molecule has 1 amide bonds. The van der Waals surface area contributed by atoms with Crippen LogP contribution in [0, 0.1) is 0 Å². The molecule has 0 aromatic heterocycles. The van der Waals surface area contributed by atoms with Crippen LogP contribution in [0.2, 0.25) is 0 Å². The third kappa shape index (κ3) is 6.96. The highest BCUT2D eigenvalue weighted by Crippen LogP contribution is 2.26. The zero-order chi connectivity index (χ0) is 21.8. The number of nitrogens with zero attached hydrogens (tertiary/aromatic N) is 1. The predicted molar refractivity (Wildman–Crippen MR) is 125 cm³/mol. The molecule has 2 N–H and O–H groups in total. The summed E-state index contributed by atoms with van der Waals surface area (Å²) in [5.41, 5.74) is 9.64. The number of Topliss-reactive ketones (excluding diaryl/α,β-unsaturated/α-hetero) is 1. The lowest BCUT2D eigenvalue weighted by Gasteiger charge is -2.26. The Balaban J connectivity index is 2.08. The number of carbonyl (C=O) groups excluding carboxylic acids is 2. The molecule has 0 fully saturated rings. The number of unbranched alkanes of at least 4 members (excludes halogenated alkanes) is 3. The fourth-order valence-corrected chi connectivity index (χ4v) is 3.62. The lowest BCUT2D eigenvalue weighted by Crippen LogP contribution is -2.31. The second-order valence-corrected chi connectivity index (χ2v) is 7.52. The van der Waals surface area contributed by atoms with Crippen LogP contribution in [0.1, 0.15) is 62.1 Å². The average Bonchev–Trinajstić information content (AvgIpc) is 2.79. The molecule has 0 atom stereocenters. The summed E-state index contributed by atoms with van der Waals surface area (Å²) >= 11 is 0. The van der Waals surface area contributed by atoms with Gasteiger partial charge in [-0.1, -0.05) is 74.9 Å². The first-order valence-electron chi connectivity index (χ1n) is 10.9. The Kier molecular flexibility index (Phi) is 10.0. The number of hydrogen-bond donors (Lipinski definition) is 1. The van der Waals surface area contributed by atoms with Crippen molar-refractivity contribution >= 4 is 23.5 Å². The Hall–Kier alpha value is -2.72. The summed E-state index contributed by atoms with van der Waals surface area (Å²) in [4.78, 5) is 26.4. The van der Waals surface area contributed by atoms with Gasteiger partial charge in [0.05, 0.1) is 13.1 Å². The molecule has 0 aliphatic heterocycles. The zero-order valence-corrected chi connectivity index (χ0v) is 18.1. The zero-order valence-electron chi connectivity index (χ0n) is 18.1. The van der Waals surface area contributed by atoms with E-state index < -0.39 is 0 Å². The van der Waals surface area contributed by atoms with Crippen molar-refractivity contribution in [3.8, 4) is 0 Å². The van der Waals surface area contributed by atoms with Crippen LogP contribution in [0.3, 0.4) is 0 Å². The van der Waals surface area contributed by atoms with E-state index in [1.54, 1.807) is 0 Å². The summed E-state index contributed by atoms with van der Waals surface area (Å²) in [5, 5.41) is 0. The topological polar surface area (TPSA) is 63.4 Å². The molecule has 2 aromatic carbocycles. The van der Waals surface area contributed by atoms with Crippen molar-refractivity contribution < 1.29 is 9.59 Å². The number of carbonyl (C=O) groups is 2. The van der Waals surface area contributed by atoms with Crippen LogP contribution in [-0.4, -0.2) is 18.2 Å². The Labute approximate surface area is 180 Å². The van der Waals surface area contributed by atoms with Crippen LogP contribution in [0.25, 0.3) is 6.08 Å². The van der Waals surface area contributed by atoms with Crippen LogP contribution in [0.5, 0.6) is 0 Å². The van der Waals surface area contributed by atoms with Gasteiger partial charge in [-0.25, -0.2) is 0 Å². The summed E-state index contributed by atoms with van der Waals surface area (Å²) in [6, 6.07) is 16.2. The fraction of sp³-hybridized carbons (Fsp3) is 0.385. The minimum atomic E-state index is 0.106. The first-order chi connectivity index (χ1) is 14.6. The molecule has 0 heterocycles. The summed E-state index contributed by atoms with van der Waals surface area (Å²) < 4.78 is 0. The monoisotopic (exact) mass is 406 g/mol. The van der Waals surface area contributed by atoms with Crippen LogP contribution in [0.4, 0.5) is 5.69 Å². The smallest absolute Gasteiger partial charge is 0.227 e. The molecule has 160 valence electrons. The molecule has 0 saturated carbocycles. The maximum Gasteiger partial charge on any atom is 0.227 e. The van der Waals surface area contributed by atoms with E-state index in [1.165, 1.54) is 5.56 Å². The standard InChI is InChI=1S/C26H34N2O2/c1-3-21-13-9-10-15-23(21)20-28(25-17-12-11-14-22(25)4-2)26(30)18-8-6-5-7-16-24(29)19-27/h3,9-15,17H,1,4-8,16,18-20,27H2,2H3. The number of amides is 1. The van der Waals surface area contributed by atoms with Crippen molar-refractivity contribution in [3.63, 3.8) is 0 Å². The van der Waals surface area contributed by atoms with Crippen molar-refractivity contribution in [2.75, 3.05) is 11.4 Å². The number of benzene rings is 2. The lowest BCUT2D eigenvalue weighted by molar-refractivity contribution is -0.119. The van der Waals surface area contributed by atoms with Gasteiger partial charge in [-0.05, 0) is 42.0 Å². The quantitative estimate of drug-likeness (QED) is 0.460. The fourth-order valence-electron chi connectivity index (χ4n) is 3.62. The molecule has 0 unspecified atom stereocenters. The van der Waals surface area contributed by atoms with E-state index in [0.717, 1.165) is 48.9 Å². The lowest BCUT2D eigenvalue weighted by atomic mass is 10.0. The molecule has 0 saturated heterocycles. The van der Waals surface area contributed by atoms with Gasteiger partial charge in [0.15, 0.2) is 0 Å². The van der Waals surface area contributed by atoms with Gasteiger partial charge >= 0.3 is 0 Å². The van der Waals surface area contributed by atoms with Crippen molar-refractivity contribution in [1.29, 1.82) is 0 Å². The van der Waals surface area contributed by atoms with Gasteiger partial charge in [-0.3, -0.25) is 9.59 Å². The number of ketones is 1. The van der Waals surface area contributed by atoms with E-state index >= 15 is 0 Å². The van der Waals surface area contributed by atoms with Gasteiger partial charge in [0.1, 0.15) is 5.78 Å². The van der Waals surface area contributed by atoms with Crippen molar-refractivity contribution in [1.82, 2.24) is 0 Å². The van der Waals surface area contributed by atoms with Crippen LogP contribution < -0.4 is 10.6 Å². The SMILES string of the molecule is C=Cc1ccccc1CN(C(=O)CCCCCCC(=O)CN)c1ccccc1CC. The first kappa shape index (κ1) is 23.6. The number of aryl methyl sites for hydroxylation is 1. The van der Waals surface area contributed by atoms with E-state index in [4.69, 9.17) is 5.73 Å². The highest BCUT2D eigenvalue weighted by molar-refractivity contribution is 5.94. The number of para-hydroxylation sites is 1. The third-order valence-corrected chi connectivity index (χ3v) is 5.39. The molecule has 0 bridgehead atoms. The highest BCUT2D eigenvalue weighted by Gasteiger charge is 2.19. The Morgan fingerprint density at radius 1 is 0.933 bits per heavy atom. The predicted octanol–water partition coefficient (Wildman–Crippen LogP) is 5.29. The maximum absolute atomic E-state index is 13.2. The molecular formula is C26H34N2O2. The Bertz CT molecular complexity index is 844. The summed E-state index contributed by atoms with van der Waals surface area (Å²) in [6.45, 7) is 6.68. The molecule has 4 heteroatoms. The number of rotatable bonds is 13. The first-order valence-corrected chi connectivity index (χ1v) is 10.9. The Morgan fingerprint density at radius 3 is 2.23 bits per heavy atom. The molecule has 0 aliphatic rings. The van der Waals surface area contributed by atoms with E-state index in [1.807, 2.05) is 47.4 Å². The van der Waals surface area contributed by atoms with Crippen molar-refractivity contribution in [3.05, 3.63) is 71.8 Å². The van der Waals surface area contributed by atoms with Crippen molar-refractivity contribution in [2.45, 2.75) is 58.4 Å². The van der Waals surface area contributed by atoms with Gasteiger partial charge in [-0.2, -0.15) is 0 Å². The molecule has 0 radical (unpaired) electrons. The normalized spacial score (nSPS) is 10.6. The second kappa shape index (κ2) is 12.8. The van der Waals surface area contributed by atoms with Gasteiger partial charge in [0.2, 0.25) is 5.91 Å². The Morgan fingerprint density at radius 2 is 1.57 bits per heavy atom. The highest BCUT2D eigenvalue weighted by atomic mass is 16.2. The third-order valence-electron chi connectivity index (χ3n) is 5.39. The summed E-state index contributed by atoms with van der Waals surface area (Å²) in [7, 11) is 0. The molecule has 2 aromatic rings. The molecule has 2 rings (SSSR count). The van der Waals surface area contributed by atoms with Crippen LogP contribution >= 0.6 is 0 Å². The molecule has 4 nitrogen and oxygen atoms in total. The van der Waals surface area contributed by atoms with Gasteiger partial charge in [0, 0.05) is 18.5 Å². The van der Waals surface area contributed by atoms with E-state index in [9.17, 15) is 9.59 Å². The number of hydrogen-bond acceptors (Lipinski definition) is 3. The largest absolute Gasteiger partial charge is 0.324 e. The number of anilines is 1. The number of nitrogens with two attached hydrogens (primary N) is 1. The van der Waals surface area contributed by atoms with Gasteiger partial charge in [0.25, 0.3) is 0 Å². The van der Waals surface area contributed by atoms with E-state index in [-0.39, 0.29) is 18.2 Å². The van der Waals surface area contributed by atoms with E-state index in [0.29, 0.717) is 19.4 Å². The second-order valence-electron chi connectivity index (χ2n) is 7.52. The van der Waals surface area contributed by atoms with Crippen LogP contribution in [0.15, 0.2) is 55.1 Å². The minimum absolute atomic E-state index is 0.106. The molecule has 0 spiro atoms. The minimum Gasteiger partial charge on any atom is -0.324 e. The molecule has 30 heavy (non-hydrogen) atoms. The van der Waals surface area contributed by atoms with Crippen molar-refractivity contribution in [2.24, 2.45) is 5.73 Å². The average molecular weight is 407 g/mol. The van der Waals surface area contributed by atoms with Gasteiger partial charge in [-0.15, -0.1) is 0 Å². The molecular weight excluding hydrogens is 372 g/mol. The van der Waals surface area contributed by atoms with Crippen LogP contribution in [-0.2, 0) is 22.6 Å². The van der Waals surface area contributed by atoms with Gasteiger partial charge < -0.3 is 10.6 Å². The maximum atomic E-state index is 13.2. The van der Waals surface area contributed by atoms with E-state index in [2.05, 4.69) is 25.6 Å².